The van der Waals surface area contributed by atoms with Crippen molar-refractivity contribution in [3.8, 4) is 0 Å². The van der Waals surface area contributed by atoms with Gasteiger partial charge in [-0.2, -0.15) is 4.39 Å². The molecular formula is C8H8F3NO. The van der Waals surface area contributed by atoms with Gasteiger partial charge in [-0.3, -0.25) is 0 Å². The monoisotopic (exact) mass is 191 g/mol. The van der Waals surface area contributed by atoms with Crippen molar-refractivity contribution in [1.82, 2.24) is 4.98 Å². The van der Waals surface area contributed by atoms with Crippen LogP contribution in [-0.4, -0.2) is 16.7 Å². The summed E-state index contributed by atoms with van der Waals surface area (Å²) < 4.78 is 38.2. The van der Waals surface area contributed by atoms with Gasteiger partial charge in [0.15, 0.2) is 0 Å². The molecule has 1 rings (SSSR count). The Kier molecular flexibility index (Phi) is 2.87. The summed E-state index contributed by atoms with van der Waals surface area (Å²) >= 11 is 0. The fraction of sp³-hybridized carbons (Fsp3) is 0.375. The highest BCUT2D eigenvalue weighted by Crippen LogP contribution is 2.30. The zero-order valence-corrected chi connectivity index (χ0v) is 6.67. The molecule has 1 N–H and O–H groups in total. The Hall–Kier alpha value is -1.10. The van der Waals surface area contributed by atoms with Gasteiger partial charge in [-0.05, 0) is 12.1 Å². The summed E-state index contributed by atoms with van der Waals surface area (Å²) in [7, 11) is 0. The van der Waals surface area contributed by atoms with Crippen molar-refractivity contribution < 1.29 is 18.3 Å². The van der Waals surface area contributed by atoms with Crippen LogP contribution in [0.15, 0.2) is 18.3 Å². The lowest BCUT2D eigenvalue weighted by molar-refractivity contribution is -0.0273. The van der Waals surface area contributed by atoms with Crippen molar-refractivity contribution in [3.05, 3.63) is 29.8 Å². The van der Waals surface area contributed by atoms with Crippen LogP contribution in [-0.2, 0) is 5.92 Å². The van der Waals surface area contributed by atoms with Gasteiger partial charge in [0.2, 0.25) is 5.95 Å². The first-order valence-corrected chi connectivity index (χ1v) is 3.67. The lowest BCUT2D eigenvalue weighted by atomic mass is 10.1. The SMILES string of the molecule is OCCC(F)(F)c1ccc(F)nc1. The van der Waals surface area contributed by atoms with Gasteiger partial charge < -0.3 is 5.11 Å². The molecule has 0 aliphatic carbocycles. The van der Waals surface area contributed by atoms with E-state index in [0.717, 1.165) is 18.3 Å². The van der Waals surface area contributed by atoms with E-state index >= 15 is 0 Å². The van der Waals surface area contributed by atoms with E-state index in [-0.39, 0.29) is 5.56 Å². The Morgan fingerprint density at radius 1 is 1.38 bits per heavy atom. The third kappa shape index (κ3) is 2.42. The Morgan fingerprint density at radius 3 is 2.54 bits per heavy atom. The second-order valence-corrected chi connectivity index (χ2v) is 2.55. The number of pyridine rings is 1. The minimum Gasteiger partial charge on any atom is -0.396 e. The third-order valence-corrected chi connectivity index (χ3v) is 1.58. The molecule has 1 heterocycles. The van der Waals surface area contributed by atoms with E-state index in [4.69, 9.17) is 5.11 Å². The Morgan fingerprint density at radius 2 is 2.08 bits per heavy atom. The smallest absolute Gasteiger partial charge is 0.276 e. The van der Waals surface area contributed by atoms with Crippen LogP contribution in [0.1, 0.15) is 12.0 Å². The number of aliphatic hydroxyl groups excluding tert-OH is 1. The molecule has 0 aliphatic rings. The second kappa shape index (κ2) is 3.74. The summed E-state index contributed by atoms with van der Waals surface area (Å²) in [4.78, 5) is 3.10. The summed E-state index contributed by atoms with van der Waals surface area (Å²) in [6.07, 6.45) is 0.0886. The number of halogens is 3. The molecular weight excluding hydrogens is 183 g/mol. The number of rotatable bonds is 3. The first-order valence-electron chi connectivity index (χ1n) is 3.67. The molecule has 0 unspecified atom stereocenters. The first kappa shape index (κ1) is 9.98. The fourth-order valence-electron chi connectivity index (χ4n) is 0.877. The van der Waals surface area contributed by atoms with Crippen LogP contribution in [0, 0.1) is 5.95 Å². The molecule has 0 saturated heterocycles. The molecule has 0 spiro atoms. The quantitative estimate of drug-likeness (QED) is 0.737. The van der Waals surface area contributed by atoms with Crippen LogP contribution in [0.4, 0.5) is 13.2 Å². The van der Waals surface area contributed by atoms with Gasteiger partial charge in [0.25, 0.3) is 5.92 Å². The minimum absolute atomic E-state index is 0.386. The highest BCUT2D eigenvalue weighted by atomic mass is 19.3. The molecule has 0 aromatic carbocycles. The van der Waals surface area contributed by atoms with E-state index in [0.29, 0.717) is 0 Å². The van der Waals surface area contributed by atoms with Gasteiger partial charge in [0, 0.05) is 24.8 Å². The molecule has 0 bridgehead atoms. The summed E-state index contributed by atoms with van der Waals surface area (Å²) in [5, 5.41) is 8.34. The number of hydrogen-bond donors (Lipinski definition) is 1. The third-order valence-electron chi connectivity index (χ3n) is 1.58. The number of alkyl halides is 2. The number of aromatic nitrogens is 1. The Bertz CT molecular complexity index is 273. The average molecular weight is 191 g/mol. The second-order valence-electron chi connectivity index (χ2n) is 2.55. The van der Waals surface area contributed by atoms with Gasteiger partial charge >= 0.3 is 0 Å². The summed E-state index contributed by atoms with van der Waals surface area (Å²) in [5.41, 5.74) is -0.386. The molecule has 0 radical (unpaired) electrons. The Labute approximate surface area is 73.0 Å². The zero-order chi connectivity index (χ0) is 9.90. The lowest BCUT2D eigenvalue weighted by Gasteiger charge is -2.14. The normalized spacial score (nSPS) is 11.7. The zero-order valence-electron chi connectivity index (χ0n) is 6.67. The van der Waals surface area contributed by atoms with E-state index in [1.165, 1.54) is 0 Å². The van der Waals surface area contributed by atoms with Crippen molar-refractivity contribution >= 4 is 0 Å². The van der Waals surface area contributed by atoms with Crippen molar-refractivity contribution in [1.29, 1.82) is 0 Å². The van der Waals surface area contributed by atoms with Crippen LogP contribution in [0.5, 0.6) is 0 Å². The van der Waals surface area contributed by atoms with E-state index in [1.807, 2.05) is 0 Å². The fourth-order valence-corrected chi connectivity index (χ4v) is 0.877. The van der Waals surface area contributed by atoms with E-state index in [2.05, 4.69) is 4.98 Å². The molecule has 0 saturated carbocycles. The van der Waals surface area contributed by atoms with Crippen LogP contribution in [0.25, 0.3) is 0 Å². The minimum atomic E-state index is -3.14. The van der Waals surface area contributed by atoms with Gasteiger partial charge in [0.05, 0.1) is 0 Å². The van der Waals surface area contributed by atoms with Crippen LogP contribution in [0.3, 0.4) is 0 Å². The standard InChI is InChI=1S/C8H8F3NO/c9-7-2-1-6(5-12-7)8(10,11)3-4-13/h1-2,5,13H,3-4H2. The van der Waals surface area contributed by atoms with Crippen molar-refractivity contribution in [2.24, 2.45) is 0 Å². The van der Waals surface area contributed by atoms with E-state index < -0.39 is 24.9 Å². The average Bonchev–Trinajstić information content (AvgIpc) is 2.05. The number of hydrogen-bond acceptors (Lipinski definition) is 2. The number of nitrogens with zero attached hydrogens (tertiary/aromatic N) is 1. The van der Waals surface area contributed by atoms with Gasteiger partial charge in [0.1, 0.15) is 0 Å². The summed E-state index contributed by atoms with van der Waals surface area (Å²) in [6, 6.07) is 1.82. The summed E-state index contributed by atoms with van der Waals surface area (Å²) in [5.74, 6) is -3.95. The molecule has 0 amide bonds. The van der Waals surface area contributed by atoms with Crippen molar-refractivity contribution in [3.63, 3.8) is 0 Å². The predicted octanol–water partition coefficient (Wildman–Crippen LogP) is 1.69. The maximum absolute atomic E-state index is 13.0. The van der Waals surface area contributed by atoms with Crippen molar-refractivity contribution in [2.45, 2.75) is 12.3 Å². The molecule has 0 atom stereocenters. The van der Waals surface area contributed by atoms with Gasteiger partial charge in [-0.1, -0.05) is 0 Å². The largest absolute Gasteiger partial charge is 0.396 e. The molecule has 1 aromatic heterocycles. The highest BCUT2D eigenvalue weighted by Gasteiger charge is 2.30. The van der Waals surface area contributed by atoms with Crippen LogP contribution in [0.2, 0.25) is 0 Å². The Balaban J connectivity index is 2.87. The van der Waals surface area contributed by atoms with Crippen molar-refractivity contribution in [2.75, 3.05) is 6.61 Å². The molecule has 1 aromatic rings. The highest BCUT2D eigenvalue weighted by molar-refractivity contribution is 5.15. The molecule has 2 nitrogen and oxygen atoms in total. The van der Waals surface area contributed by atoms with E-state index in [9.17, 15) is 13.2 Å². The number of aliphatic hydroxyl groups is 1. The van der Waals surface area contributed by atoms with Gasteiger partial charge in [-0.15, -0.1) is 0 Å². The molecule has 0 aliphatic heterocycles. The van der Waals surface area contributed by atoms with Crippen LogP contribution < -0.4 is 0 Å². The van der Waals surface area contributed by atoms with E-state index in [1.54, 1.807) is 0 Å². The topological polar surface area (TPSA) is 33.1 Å². The molecule has 5 heteroatoms. The maximum Gasteiger partial charge on any atom is 0.276 e. The van der Waals surface area contributed by atoms with Gasteiger partial charge in [-0.25, -0.2) is 13.8 Å². The predicted molar refractivity (Wildman–Crippen MR) is 39.8 cm³/mol. The maximum atomic E-state index is 13.0. The lowest BCUT2D eigenvalue weighted by Crippen LogP contribution is -2.15. The summed E-state index contributed by atoms with van der Waals surface area (Å²) in [6.45, 7) is -0.621. The molecule has 72 valence electrons. The molecule has 0 fully saturated rings. The molecule has 13 heavy (non-hydrogen) atoms. The van der Waals surface area contributed by atoms with Crippen LogP contribution >= 0.6 is 0 Å². The first-order chi connectivity index (χ1) is 6.06.